The molecule has 8 heteroatoms. The van der Waals surface area contributed by atoms with Gasteiger partial charge in [0.2, 0.25) is 0 Å². The number of aromatic nitrogens is 5. The number of nitrogens with zero attached hydrogens (tertiary/aromatic N) is 4. The molecule has 0 saturated carbocycles. The van der Waals surface area contributed by atoms with Crippen LogP contribution in [0.3, 0.4) is 0 Å². The number of nitrogens with one attached hydrogen (secondary N) is 2. The van der Waals surface area contributed by atoms with Crippen LogP contribution in [0.25, 0.3) is 0 Å². The van der Waals surface area contributed by atoms with E-state index in [0.717, 1.165) is 12.4 Å². The second-order valence-corrected chi connectivity index (χ2v) is 5.42. The number of aryl methyl sites for hydroxylation is 1. The maximum Gasteiger partial charge on any atom is 0.254 e. The predicted octanol–water partition coefficient (Wildman–Crippen LogP) is 1.71. The molecule has 2 N–H and O–H groups in total. The Morgan fingerprint density at radius 3 is 2.90 bits per heavy atom. The lowest BCUT2D eigenvalue weighted by molar-refractivity contribution is 0.0952. The molecular weight excluding hydrogens is 288 g/mol. The normalized spacial score (nSPS) is 11.0. The van der Waals surface area contributed by atoms with Gasteiger partial charge >= 0.3 is 0 Å². The lowest BCUT2D eigenvalue weighted by Crippen LogP contribution is -2.27. The minimum absolute atomic E-state index is 0.129. The topological polar surface area (TPSA) is 80.5 Å². The molecule has 0 aliphatic rings. The maximum absolute atomic E-state index is 12.0. The number of hydrogen-bond donors (Lipinski definition) is 2. The summed E-state index contributed by atoms with van der Waals surface area (Å²) in [4.78, 5) is 12.0. The lowest BCUT2D eigenvalue weighted by Gasteiger charge is -2.09. The molecule has 7 nitrogen and oxygen atoms in total. The van der Waals surface area contributed by atoms with Crippen molar-refractivity contribution in [2.45, 2.75) is 39.8 Å². The van der Waals surface area contributed by atoms with E-state index in [1.807, 2.05) is 11.5 Å². The first kappa shape index (κ1) is 15.4. The van der Waals surface area contributed by atoms with Crippen LogP contribution in [-0.2, 0) is 13.1 Å². The Bertz CT molecular complexity index is 668. The van der Waals surface area contributed by atoms with Crippen LogP contribution < -0.4 is 5.32 Å². The van der Waals surface area contributed by atoms with Crippen LogP contribution in [0.2, 0.25) is 0 Å². The molecule has 2 rings (SSSR count). The minimum atomic E-state index is -0.129. The van der Waals surface area contributed by atoms with Crippen molar-refractivity contribution in [2.24, 2.45) is 0 Å². The van der Waals surface area contributed by atoms with E-state index in [0.29, 0.717) is 23.4 Å². The van der Waals surface area contributed by atoms with Crippen LogP contribution in [0.15, 0.2) is 12.4 Å². The van der Waals surface area contributed by atoms with Crippen LogP contribution in [0.4, 0.5) is 0 Å². The van der Waals surface area contributed by atoms with Crippen LogP contribution >= 0.6 is 12.2 Å². The van der Waals surface area contributed by atoms with E-state index in [1.165, 1.54) is 0 Å². The average molecular weight is 308 g/mol. The van der Waals surface area contributed by atoms with E-state index in [-0.39, 0.29) is 11.8 Å². The SMILES string of the molecule is CCn1cc(C(=O)NCCn2c(C(C)C)n[nH]c2=S)cn1. The minimum Gasteiger partial charge on any atom is -0.350 e. The molecule has 114 valence electrons. The Morgan fingerprint density at radius 2 is 2.29 bits per heavy atom. The first-order valence-electron chi connectivity index (χ1n) is 6.98. The summed E-state index contributed by atoms with van der Waals surface area (Å²) in [5.41, 5.74) is 0.566. The first-order valence-corrected chi connectivity index (χ1v) is 7.39. The van der Waals surface area contributed by atoms with Gasteiger partial charge in [-0.1, -0.05) is 13.8 Å². The zero-order valence-corrected chi connectivity index (χ0v) is 13.3. The number of carbonyl (C=O) groups is 1. The Balaban J connectivity index is 1.94. The van der Waals surface area contributed by atoms with Crippen LogP contribution in [-0.4, -0.2) is 37.0 Å². The third-order valence-corrected chi connectivity index (χ3v) is 3.46. The Kier molecular flexibility index (Phi) is 4.89. The van der Waals surface area contributed by atoms with Crippen molar-refractivity contribution in [1.29, 1.82) is 0 Å². The molecule has 0 radical (unpaired) electrons. The molecule has 2 aromatic heterocycles. The molecule has 21 heavy (non-hydrogen) atoms. The second-order valence-electron chi connectivity index (χ2n) is 5.03. The van der Waals surface area contributed by atoms with E-state index in [9.17, 15) is 4.79 Å². The summed E-state index contributed by atoms with van der Waals surface area (Å²) in [5, 5.41) is 13.9. The standard InChI is InChI=1S/C13H20N6OS/c1-4-18-8-10(7-15-18)12(20)14-5-6-19-11(9(2)3)16-17-13(19)21/h7-9H,4-6H2,1-3H3,(H,14,20)(H,17,21). The molecule has 0 bridgehead atoms. The van der Waals surface area contributed by atoms with E-state index < -0.39 is 0 Å². The fourth-order valence-corrected chi connectivity index (χ4v) is 2.25. The molecular formula is C13H20N6OS. The van der Waals surface area contributed by atoms with Gasteiger partial charge in [0, 0.05) is 31.7 Å². The highest BCUT2D eigenvalue weighted by Gasteiger charge is 2.11. The van der Waals surface area contributed by atoms with Crippen molar-refractivity contribution in [3.8, 4) is 0 Å². The van der Waals surface area contributed by atoms with Crippen LogP contribution in [0, 0.1) is 4.77 Å². The van der Waals surface area contributed by atoms with Crippen LogP contribution in [0.1, 0.15) is 42.9 Å². The number of amides is 1. The fraction of sp³-hybridized carbons (Fsp3) is 0.538. The summed E-state index contributed by atoms with van der Waals surface area (Å²) < 4.78 is 4.21. The molecule has 0 aromatic carbocycles. The van der Waals surface area contributed by atoms with Crippen molar-refractivity contribution in [2.75, 3.05) is 6.54 Å². The zero-order valence-electron chi connectivity index (χ0n) is 12.5. The largest absolute Gasteiger partial charge is 0.350 e. The lowest BCUT2D eigenvalue weighted by atomic mass is 10.2. The quantitative estimate of drug-likeness (QED) is 0.796. The first-order chi connectivity index (χ1) is 10.0. The molecule has 0 saturated heterocycles. The molecule has 0 fully saturated rings. The molecule has 2 heterocycles. The van der Waals surface area contributed by atoms with Crippen LogP contribution in [0.5, 0.6) is 0 Å². The third-order valence-electron chi connectivity index (χ3n) is 3.14. The third kappa shape index (κ3) is 3.57. The molecule has 2 aromatic rings. The van der Waals surface area contributed by atoms with Gasteiger partial charge in [-0.15, -0.1) is 0 Å². The van der Waals surface area contributed by atoms with Gasteiger partial charge in [0.25, 0.3) is 5.91 Å². The average Bonchev–Trinajstić information content (AvgIpc) is 3.06. The van der Waals surface area contributed by atoms with Gasteiger partial charge in [0.1, 0.15) is 5.82 Å². The van der Waals surface area contributed by atoms with E-state index in [1.54, 1.807) is 17.1 Å². The van der Waals surface area contributed by atoms with Gasteiger partial charge in [-0.2, -0.15) is 10.2 Å². The molecule has 0 spiro atoms. The van der Waals surface area contributed by atoms with Crippen molar-refractivity contribution in [1.82, 2.24) is 29.9 Å². The number of rotatable bonds is 6. The number of hydrogen-bond acceptors (Lipinski definition) is 4. The summed E-state index contributed by atoms with van der Waals surface area (Å²) in [6.07, 6.45) is 3.31. The second kappa shape index (κ2) is 6.66. The molecule has 1 amide bonds. The van der Waals surface area contributed by atoms with Gasteiger partial charge in [-0.25, -0.2) is 0 Å². The van der Waals surface area contributed by atoms with Gasteiger partial charge in [0.05, 0.1) is 11.8 Å². The Labute approximate surface area is 128 Å². The summed E-state index contributed by atoms with van der Waals surface area (Å²) in [5.74, 6) is 1.04. The Morgan fingerprint density at radius 1 is 1.52 bits per heavy atom. The molecule has 0 aliphatic heterocycles. The van der Waals surface area contributed by atoms with E-state index >= 15 is 0 Å². The van der Waals surface area contributed by atoms with E-state index in [4.69, 9.17) is 12.2 Å². The molecule has 0 atom stereocenters. The number of carbonyl (C=O) groups excluding carboxylic acids is 1. The number of aromatic amines is 1. The fourth-order valence-electron chi connectivity index (χ4n) is 2.02. The van der Waals surface area contributed by atoms with Gasteiger partial charge in [-0.05, 0) is 19.1 Å². The summed E-state index contributed by atoms with van der Waals surface area (Å²) in [6, 6.07) is 0. The molecule has 0 aliphatic carbocycles. The highest BCUT2D eigenvalue weighted by Crippen LogP contribution is 2.11. The van der Waals surface area contributed by atoms with Gasteiger partial charge in [-0.3, -0.25) is 14.6 Å². The number of H-pyrrole nitrogens is 1. The Hall–Kier alpha value is -1.96. The van der Waals surface area contributed by atoms with Crippen molar-refractivity contribution in [3.63, 3.8) is 0 Å². The van der Waals surface area contributed by atoms with Crippen molar-refractivity contribution < 1.29 is 4.79 Å². The van der Waals surface area contributed by atoms with Gasteiger partial charge in [0.15, 0.2) is 4.77 Å². The van der Waals surface area contributed by atoms with Crippen molar-refractivity contribution in [3.05, 3.63) is 28.6 Å². The summed E-state index contributed by atoms with van der Waals surface area (Å²) >= 11 is 5.20. The smallest absolute Gasteiger partial charge is 0.254 e. The van der Waals surface area contributed by atoms with Gasteiger partial charge < -0.3 is 9.88 Å². The van der Waals surface area contributed by atoms with E-state index in [2.05, 4.69) is 34.5 Å². The summed E-state index contributed by atoms with van der Waals surface area (Å²) in [7, 11) is 0. The highest BCUT2D eigenvalue weighted by atomic mass is 32.1. The molecule has 0 unspecified atom stereocenters. The predicted molar refractivity (Wildman–Crippen MR) is 81.7 cm³/mol. The zero-order chi connectivity index (χ0) is 15.4. The van der Waals surface area contributed by atoms with Crippen molar-refractivity contribution >= 4 is 18.1 Å². The highest BCUT2D eigenvalue weighted by molar-refractivity contribution is 7.71. The maximum atomic E-state index is 12.0. The monoisotopic (exact) mass is 308 g/mol. The summed E-state index contributed by atoms with van der Waals surface area (Å²) in [6.45, 7) is 7.91.